The van der Waals surface area contributed by atoms with E-state index < -0.39 is 0 Å². The van der Waals surface area contributed by atoms with Crippen LogP contribution in [0.25, 0.3) is 0 Å². The SMILES string of the molecule is C[C@H](CNC(=O)CC1CCCCC1)OC(=O)C1CCN(C(=O)CC2CCCCC2)CC1. The standard InChI is InChI=1S/C25H42N2O4/c1-19(18-26-23(28)16-20-8-4-2-5-9-20)31-25(30)22-12-14-27(15-13-22)24(29)17-21-10-6-3-7-11-21/h19-22H,2-18H2,1H3,(H,26,28)/t19-/m1/s1. The molecule has 1 heterocycles. The molecule has 0 aromatic rings. The van der Waals surface area contributed by atoms with Gasteiger partial charge in [0.25, 0.3) is 0 Å². The summed E-state index contributed by atoms with van der Waals surface area (Å²) in [6.07, 6.45) is 14.5. The van der Waals surface area contributed by atoms with E-state index in [1.165, 1.54) is 51.4 Å². The Bertz CT molecular complexity index is 588. The molecule has 6 nitrogen and oxygen atoms in total. The highest BCUT2D eigenvalue weighted by Gasteiger charge is 2.30. The van der Waals surface area contributed by atoms with Crippen molar-refractivity contribution in [2.24, 2.45) is 17.8 Å². The van der Waals surface area contributed by atoms with E-state index in [2.05, 4.69) is 5.32 Å². The fourth-order valence-corrected chi connectivity index (χ4v) is 5.45. The fraction of sp³-hybridized carbons (Fsp3) is 0.880. The number of rotatable bonds is 8. The number of ether oxygens (including phenoxy) is 1. The first kappa shape index (κ1) is 24.1. The van der Waals surface area contributed by atoms with Gasteiger partial charge in [0.15, 0.2) is 0 Å². The number of hydrogen-bond donors (Lipinski definition) is 1. The molecule has 0 spiro atoms. The number of hydrogen-bond acceptors (Lipinski definition) is 4. The Morgan fingerprint density at radius 3 is 1.97 bits per heavy atom. The summed E-state index contributed by atoms with van der Waals surface area (Å²) in [5.74, 6) is 1.07. The van der Waals surface area contributed by atoms with Crippen LogP contribution in [0.2, 0.25) is 0 Å². The number of esters is 1. The number of amides is 2. The van der Waals surface area contributed by atoms with Crippen LogP contribution in [0.5, 0.6) is 0 Å². The molecular weight excluding hydrogens is 392 g/mol. The van der Waals surface area contributed by atoms with E-state index >= 15 is 0 Å². The van der Waals surface area contributed by atoms with Gasteiger partial charge >= 0.3 is 5.97 Å². The van der Waals surface area contributed by atoms with E-state index in [1.54, 1.807) is 0 Å². The first-order chi connectivity index (χ1) is 15.0. The van der Waals surface area contributed by atoms with E-state index in [0.29, 0.717) is 57.2 Å². The average Bonchev–Trinajstić information content (AvgIpc) is 2.79. The van der Waals surface area contributed by atoms with E-state index in [0.717, 1.165) is 12.8 Å². The molecule has 0 bridgehead atoms. The topological polar surface area (TPSA) is 75.7 Å². The molecule has 2 aliphatic carbocycles. The number of nitrogens with one attached hydrogen (secondary N) is 1. The second-order valence-corrected chi connectivity index (χ2v) is 10.1. The normalized spacial score (nSPS) is 22.7. The molecule has 3 fully saturated rings. The monoisotopic (exact) mass is 434 g/mol. The quantitative estimate of drug-likeness (QED) is 0.581. The van der Waals surface area contributed by atoms with Crippen molar-refractivity contribution in [1.29, 1.82) is 0 Å². The third-order valence-electron chi connectivity index (χ3n) is 7.47. The molecule has 2 saturated carbocycles. The van der Waals surface area contributed by atoms with E-state index in [4.69, 9.17) is 4.74 Å². The van der Waals surface area contributed by atoms with Gasteiger partial charge in [0.2, 0.25) is 11.8 Å². The second-order valence-electron chi connectivity index (χ2n) is 10.1. The summed E-state index contributed by atoms with van der Waals surface area (Å²) in [5, 5.41) is 2.93. The van der Waals surface area contributed by atoms with Crippen molar-refractivity contribution in [3.05, 3.63) is 0 Å². The molecular formula is C25H42N2O4. The Hall–Kier alpha value is -1.59. The van der Waals surface area contributed by atoms with Crippen molar-refractivity contribution < 1.29 is 19.1 Å². The molecule has 3 rings (SSSR count). The lowest BCUT2D eigenvalue weighted by Crippen LogP contribution is -2.42. The van der Waals surface area contributed by atoms with Crippen LogP contribution in [-0.4, -0.2) is 48.4 Å². The molecule has 0 radical (unpaired) electrons. The van der Waals surface area contributed by atoms with Crippen molar-refractivity contribution in [2.45, 2.75) is 103 Å². The summed E-state index contributed by atoms with van der Waals surface area (Å²) < 4.78 is 5.59. The van der Waals surface area contributed by atoms with Gasteiger partial charge < -0.3 is 15.0 Å². The van der Waals surface area contributed by atoms with Gasteiger partial charge in [-0.25, -0.2) is 0 Å². The molecule has 1 saturated heterocycles. The summed E-state index contributed by atoms with van der Waals surface area (Å²) in [4.78, 5) is 39.2. The Kier molecular flexibility index (Phi) is 9.66. The number of likely N-dealkylation sites (tertiary alicyclic amines) is 1. The van der Waals surface area contributed by atoms with Gasteiger partial charge in [-0.15, -0.1) is 0 Å². The minimum atomic E-state index is -0.325. The van der Waals surface area contributed by atoms with Crippen LogP contribution < -0.4 is 5.32 Å². The van der Waals surface area contributed by atoms with Gasteiger partial charge in [-0.3, -0.25) is 14.4 Å². The van der Waals surface area contributed by atoms with Crippen LogP contribution in [0.3, 0.4) is 0 Å². The Morgan fingerprint density at radius 2 is 1.39 bits per heavy atom. The Labute approximate surface area is 187 Å². The Morgan fingerprint density at radius 1 is 0.839 bits per heavy atom. The third-order valence-corrected chi connectivity index (χ3v) is 7.47. The predicted octanol–water partition coefficient (Wildman–Crippen LogP) is 4.21. The van der Waals surface area contributed by atoms with Crippen LogP contribution in [0, 0.1) is 17.8 Å². The number of nitrogens with zero attached hydrogens (tertiary/aromatic N) is 1. The average molecular weight is 435 g/mol. The van der Waals surface area contributed by atoms with Gasteiger partial charge in [-0.05, 0) is 57.3 Å². The van der Waals surface area contributed by atoms with Crippen molar-refractivity contribution in [1.82, 2.24) is 10.2 Å². The molecule has 1 N–H and O–H groups in total. The summed E-state index contributed by atoms with van der Waals surface area (Å²) in [6.45, 7) is 3.51. The summed E-state index contributed by atoms with van der Waals surface area (Å²) in [7, 11) is 0. The van der Waals surface area contributed by atoms with E-state index in [9.17, 15) is 14.4 Å². The lowest BCUT2D eigenvalue weighted by molar-refractivity contribution is -0.156. The number of carbonyl (C=O) groups excluding carboxylic acids is 3. The maximum absolute atomic E-state index is 12.6. The first-order valence-corrected chi connectivity index (χ1v) is 12.8. The zero-order valence-corrected chi connectivity index (χ0v) is 19.4. The lowest BCUT2D eigenvalue weighted by atomic mass is 9.86. The summed E-state index contributed by atoms with van der Waals surface area (Å²) >= 11 is 0. The lowest BCUT2D eigenvalue weighted by Gasteiger charge is -2.33. The predicted molar refractivity (Wildman–Crippen MR) is 120 cm³/mol. The third kappa shape index (κ3) is 8.12. The van der Waals surface area contributed by atoms with Crippen molar-refractivity contribution in [3.63, 3.8) is 0 Å². The smallest absolute Gasteiger partial charge is 0.309 e. The highest BCUT2D eigenvalue weighted by molar-refractivity contribution is 5.78. The van der Waals surface area contributed by atoms with Crippen LogP contribution in [0.4, 0.5) is 0 Å². The highest BCUT2D eigenvalue weighted by atomic mass is 16.5. The summed E-state index contributed by atoms with van der Waals surface area (Å²) in [5.41, 5.74) is 0. The molecule has 0 aromatic heterocycles. The van der Waals surface area contributed by atoms with Gasteiger partial charge in [-0.2, -0.15) is 0 Å². The van der Waals surface area contributed by atoms with Gasteiger partial charge in [0, 0.05) is 25.9 Å². The first-order valence-electron chi connectivity index (χ1n) is 12.8. The van der Waals surface area contributed by atoms with Gasteiger partial charge in [0.1, 0.15) is 6.10 Å². The van der Waals surface area contributed by atoms with Crippen LogP contribution in [0.15, 0.2) is 0 Å². The van der Waals surface area contributed by atoms with Crippen molar-refractivity contribution in [2.75, 3.05) is 19.6 Å². The van der Waals surface area contributed by atoms with Gasteiger partial charge in [0.05, 0.1) is 12.5 Å². The van der Waals surface area contributed by atoms with Crippen LogP contribution >= 0.6 is 0 Å². The largest absolute Gasteiger partial charge is 0.461 e. The maximum Gasteiger partial charge on any atom is 0.309 e. The minimum Gasteiger partial charge on any atom is -0.461 e. The minimum absolute atomic E-state index is 0.0691. The van der Waals surface area contributed by atoms with Crippen molar-refractivity contribution in [3.8, 4) is 0 Å². The fourth-order valence-electron chi connectivity index (χ4n) is 5.45. The maximum atomic E-state index is 12.6. The summed E-state index contributed by atoms with van der Waals surface area (Å²) in [6, 6.07) is 0. The molecule has 0 unspecified atom stereocenters. The molecule has 1 aliphatic heterocycles. The van der Waals surface area contributed by atoms with E-state index in [-0.39, 0.29) is 29.8 Å². The molecule has 31 heavy (non-hydrogen) atoms. The van der Waals surface area contributed by atoms with Gasteiger partial charge in [-0.1, -0.05) is 38.5 Å². The highest BCUT2D eigenvalue weighted by Crippen LogP contribution is 2.28. The zero-order chi connectivity index (χ0) is 22.1. The Balaban J connectivity index is 1.29. The van der Waals surface area contributed by atoms with E-state index in [1.807, 2.05) is 11.8 Å². The molecule has 3 aliphatic rings. The number of piperidine rings is 1. The zero-order valence-electron chi connectivity index (χ0n) is 19.4. The molecule has 1 atom stereocenters. The van der Waals surface area contributed by atoms with Crippen LogP contribution in [0.1, 0.15) is 96.8 Å². The van der Waals surface area contributed by atoms with Crippen LogP contribution in [-0.2, 0) is 19.1 Å². The number of carbonyl (C=O) groups is 3. The molecule has 176 valence electrons. The van der Waals surface area contributed by atoms with Crippen molar-refractivity contribution >= 4 is 17.8 Å². The molecule has 2 amide bonds. The second kappa shape index (κ2) is 12.4. The molecule has 6 heteroatoms. The molecule has 0 aromatic carbocycles.